The first-order valence-corrected chi connectivity index (χ1v) is 7.99. The van der Waals surface area contributed by atoms with Gasteiger partial charge in [-0.15, -0.1) is 0 Å². The van der Waals surface area contributed by atoms with Crippen molar-refractivity contribution in [2.75, 3.05) is 29.5 Å². The van der Waals surface area contributed by atoms with E-state index in [1.807, 2.05) is 0 Å². The maximum atomic E-state index is 11.7. The highest BCUT2D eigenvalue weighted by Crippen LogP contribution is 2.25. The molecule has 2 N–H and O–H groups in total. The Morgan fingerprint density at radius 2 is 2.11 bits per heavy atom. The van der Waals surface area contributed by atoms with E-state index in [0.29, 0.717) is 13.1 Å². The van der Waals surface area contributed by atoms with Gasteiger partial charge in [0, 0.05) is 18.8 Å². The standard InChI is InChI=1S/C13H20N2O2S/c1-10-3-4-13(11(2)7-10)15-5-6-18(16,17)9-12(15)8-14/h3-4,7,12H,5-6,8-9,14H2,1-2H3. The summed E-state index contributed by atoms with van der Waals surface area (Å²) in [4.78, 5) is 2.13. The molecule has 5 heteroatoms. The van der Waals surface area contributed by atoms with Crippen molar-refractivity contribution in [3.8, 4) is 0 Å². The van der Waals surface area contributed by atoms with Crippen molar-refractivity contribution in [2.24, 2.45) is 5.73 Å². The summed E-state index contributed by atoms with van der Waals surface area (Å²) in [6.45, 7) is 5.01. The first-order chi connectivity index (χ1) is 8.43. The van der Waals surface area contributed by atoms with Gasteiger partial charge in [-0.25, -0.2) is 8.42 Å². The van der Waals surface area contributed by atoms with Crippen LogP contribution >= 0.6 is 0 Å². The lowest BCUT2D eigenvalue weighted by Gasteiger charge is -2.37. The lowest BCUT2D eigenvalue weighted by Crippen LogP contribution is -2.52. The first-order valence-electron chi connectivity index (χ1n) is 6.17. The van der Waals surface area contributed by atoms with Gasteiger partial charge in [0.1, 0.15) is 0 Å². The molecule has 1 aromatic carbocycles. The van der Waals surface area contributed by atoms with Crippen LogP contribution in [-0.2, 0) is 9.84 Å². The SMILES string of the molecule is Cc1ccc(N2CCS(=O)(=O)CC2CN)c(C)c1. The van der Waals surface area contributed by atoms with E-state index in [-0.39, 0.29) is 17.5 Å². The fourth-order valence-electron chi connectivity index (χ4n) is 2.53. The van der Waals surface area contributed by atoms with Crippen molar-refractivity contribution >= 4 is 15.5 Å². The fraction of sp³-hybridized carbons (Fsp3) is 0.538. The lowest BCUT2D eigenvalue weighted by atomic mass is 10.1. The number of nitrogens with zero attached hydrogens (tertiary/aromatic N) is 1. The molecular weight excluding hydrogens is 248 g/mol. The summed E-state index contributed by atoms with van der Waals surface area (Å²) in [5.74, 6) is 0.383. The van der Waals surface area contributed by atoms with Crippen molar-refractivity contribution in [1.82, 2.24) is 0 Å². The van der Waals surface area contributed by atoms with Crippen LogP contribution in [0.2, 0.25) is 0 Å². The summed E-state index contributed by atoms with van der Waals surface area (Å²) in [6.07, 6.45) is 0. The molecule has 0 aromatic heterocycles. The smallest absolute Gasteiger partial charge is 0.154 e. The number of hydrogen-bond acceptors (Lipinski definition) is 4. The average molecular weight is 268 g/mol. The highest BCUT2D eigenvalue weighted by Gasteiger charge is 2.30. The van der Waals surface area contributed by atoms with Crippen LogP contribution in [-0.4, -0.2) is 39.1 Å². The number of anilines is 1. The van der Waals surface area contributed by atoms with Gasteiger partial charge in [-0.05, 0) is 25.5 Å². The van der Waals surface area contributed by atoms with E-state index < -0.39 is 9.84 Å². The Hall–Kier alpha value is -1.07. The van der Waals surface area contributed by atoms with Crippen LogP contribution in [0.15, 0.2) is 18.2 Å². The minimum Gasteiger partial charge on any atom is -0.365 e. The normalized spacial score (nSPS) is 23.1. The molecule has 0 spiro atoms. The van der Waals surface area contributed by atoms with Crippen molar-refractivity contribution in [3.05, 3.63) is 29.3 Å². The Morgan fingerprint density at radius 1 is 1.39 bits per heavy atom. The molecule has 1 fully saturated rings. The van der Waals surface area contributed by atoms with Gasteiger partial charge in [0.25, 0.3) is 0 Å². The van der Waals surface area contributed by atoms with Gasteiger partial charge in [-0.3, -0.25) is 0 Å². The molecular formula is C13H20N2O2S. The van der Waals surface area contributed by atoms with Crippen molar-refractivity contribution < 1.29 is 8.42 Å². The van der Waals surface area contributed by atoms with E-state index in [2.05, 4.69) is 36.9 Å². The summed E-state index contributed by atoms with van der Waals surface area (Å²) < 4.78 is 23.3. The molecule has 0 radical (unpaired) electrons. The molecule has 0 amide bonds. The molecule has 0 saturated carbocycles. The van der Waals surface area contributed by atoms with E-state index in [9.17, 15) is 8.42 Å². The third kappa shape index (κ3) is 2.67. The van der Waals surface area contributed by atoms with Gasteiger partial charge in [0.05, 0.1) is 17.5 Å². The highest BCUT2D eigenvalue weighted by molar-refractivity contribution is 7.91. The summed E-state index contributed by atoms with van der Waals surface area (Å²) in [5, 5.41) is 0. The lowest BCUT2D eigenvalue weighted by molar-refractivity contribution is 0.558. The zero-order valence-electron chi connectivity index (χ0n) is 10.9. The second kappa shape index (κ2) is 4.90. The van der Waals surface area contributed by atoms with Crippen LogP contribution in [0, 0.1) is 13.8 Å². The van der Waals surface area contributed by atoms with Crippen molar-refractivity contribution in [3.63, 3.8) is 0 Å². The summed E-state index contributed by atoms with van der Waals surface area (Å²) in [5.41, 5.74) is 9.22. The first kappa shape index (κ1) is 13.4. The summed E-state index contributed by atoms with van der Waals surface area (Å²) in [6, 6.07) is 6.13. The Morgan fingerprint density at radius 3 is 2.72 bits per heavy atom. The highest BCUT2D eigenvalue weighted by atomic mass is 32.2. The second-order valence-electron chi connectivity index (χ2n) is 4.99. The molecule has 1 aliphatic heterocycles. The largest absolute Gasteiger partial charge is 0.365 e. The summed E-state index contributed by atoms with van der Waals surface area (Å²) >= 11 is 0. The Labute approximate surface area is 109 Å². The maximum absolute atomic E-state index is 11.7. The van der Waals surface area contributed by atoms with Crippen molar-refractivity contribution in [2.45, 2.75) is 19.9 Å². The van der Waals surface area contributed by atoms with Crippen LogP contribution in [0.4, 0.5) is 5.69 Å². The zero-order chi connectivity index (χ0) is 13.3. The number of aryl methyl sites for hydroxylation is 2. The molecule has 100 valence electrons. The molecule has 2 rings (SSSR count). The molecule has 0 bridgehead atoms. The molecule has 1 heterocycles. The third-order valence-electron chi connectivity index (χ3n) is 3.46. The van der Waals surface area contributed by atoms with E-state index >= 15 is 0 Å². The number of hydrogen-bond donors (Lipinski definition) is 1. The van der Waals surface area contributed by atoms with E-state index in [0.717, 1.165) is 5.69 Å². The molecule has 1 aliphatic rings. The van der Waals surface area contributed by atoms with E-state index in [1.54, 1.807) is 0 Å². The number of nitrogens with two attached hydrogens (primary N) is 1. The van der Waals surface area contributed by atoms with Crippen LogP contribution in [0.3, 0.4) is 0 Å². The quantitative estimate of drug-likeness (QED) is 0.864. The minimum atomic E-state index is -2.93. The predicted molar refractivity (Wildman–Crippen MR) is 74.8 cm³/mol. The monoisotopic (exact) mass is 268 g/mol. The fourth-order valence-corrected chi connectivity index (χ4v) is 4.07. The minimum absolute atomic E-state index is 0.106. The van der Waals surface area contributed by atoms with Crippen LogP contribution in [0.25, 0.3) is 0 Å². The van der Waals surface area contributed by atoms with Crippen LogP contribution in [0.5, 0.6) is 0 Å². The predicted octanol–water partition coefficient (Wildman–Crippen LogP) is 0.866. The maximum Gasteiger partial charge on any atom is 0.154 e. The third-order valence-corrected chi connectivity index (χ3v) is 5.16. The molecule has 1 unspecified atom stereocenters. The van der Waals surface area contributed by atoms with Gasteiger partial charge in [0.2, 0.25) is 0 Å². The Balaban J connectivity index is 2.32. The van der Waals surface area contributed by atoms with Gasteiger partial charge in [-0.1, -0.05) is 17.7 Å². The van der Waals surface area contributed by atoms with Gasteiger partial charge in [0.15, 0.2) is 9.84 Å². The molecule has 1 saturated heterocycles. The molecule has 18 heavy (non-hydrogen) atoms. The molecule has 0 aliphatic carbocycles. The molecule has 1 aromatic rings. The summed E-state index contributed by atoms with van der Waals surface area (Å²) in [7, 11) is -2.93. The molecule has 1 atom stereocenters. The Kier molecular flexibility index (Phi) is 3.64. The van der Waals surface area contributed by atoms with Gasteiger partial charge < -0.3 is 10.6 Å². The zero-order valence-corrected chi connectivity index (χ0v) is 11.7. The van der Waals surface area contributed by atoms with Crippen LogP contribution in [0.1, 0.15) is 11.1 Å². The van der Waals surface area contributed by atoms with Crippen molar-refractivity contribution in [1.29, 1.82) is 0 Å². The Bertz CT molecular complexity index is 540. The topological polar surface area (TPSA) is 63.4 Å². The second-order valence-corrected chi connectivity index (χ2v) is 7.22. The average Bonchev–Trinajstić information content (AvgIpc) is 2.29. The van der Waals surface area contributed by atoms with E-state index in [4.69, 9.17) is 5.73 Å². The van der Waals surface area contributed by atoms with Gasteiger partial charge >= 0.3 is 0 Å². The van der Waals surface area contributed by atoms with Gasteiger partial charge in [-0.2, -0.15) is 0 Å². The number of sulfone groups is 1. The number of rotatable bonds is 2. The van der Waals surface area contributed by atoms with Crippen LogP contribution < -0.4 is 10.6 Å². The van der Waals surface area contributed by atoms with E-state index in [1.165, 1.54) is 11.1 Å². The molecule has 4 nitrogen and oxygen atoms in total. The number of benzene rings is 1.